The molecule has 0 radical (unpaired) electrons. The molecule has 0 atom stereocenters. The van der Waals surface area contributed by atoms with Crippen molar-refractivity contribution in [2.75, 3.05) is 19.1 Å². The normalized spacial score (nSPS) is 10.5. The van der Waals surface area contributed by atoms with Gasteiger partial charge >= 0.3 is 0 Å². The molecule has 0 spiro atoms. The third-order valence-electron chi connectivity index (χ3n) is 2.98. The van der Waals surface area contributed by atoms with Gasteiger partial charge in [0.05, 0.1) is 18.2 Å². The number of pyridine rings is 1. The second-order valence-electron chi connectivity index (χ2n) is 4.65. The number of rotatable bonds is 8. The number of hydrazone groups is 1. The first kappa shape index (κ1) is 18.4. The molecule has 2 rings (SSSR count). The summed E-state index contributed by atoms with van der Waals surface area (Å²) in [5, 5.41) is 14.6. The highest BCUT2D eigenvalue weighted by molar-refractivity contribution is 9.10. The molecule has 2 aromatic rings. The highest BCUT2D eigenvalue weighted by atomic mass is 79.9. The van der Waals surface area contributed by atoms with E-state index in [2.05, 4.69) is 38.0 Å². The Morgan fingerprint density at radius 3 is 2.84 bits per heavy atom. The maximum Gasteiger partial charge on any atom is 0.287 e. The summed E-state index contributed by atoms with van der Waals surface area (Å²) in [6.45, 7) is 3.97. The highest BCUT2D eigenvalue weighted by Gasteiger charge is 2.09. The zero-order chi connectivity index (χ0) is 18.2. The molecular formula is C16H15BrN4O4. The number of benzene rings is 1. The van der Waals surface area contributed by atoms with Crippen molar-refractivity contribution < 1.29 is 14.4 Å². The van der Waals surface area contributed by atoms with Crippen LogP contribution in [-0.2, 0) is 0 Å². The van der Waals surface area contributed by atoms with Gasteiger partial charge in [-0.3, -0.25) is 15.5 Å². The van der Waals surface area contributed by atoms with E-state index in [0.717, 1.165) is 16.2 Å². The molecule has 0 aliphatic heterocycles. The maximum absolute atomic E-state index is 10.6. The van der Waals surface area contributed by atoms with Crippen LogP contribution in [0, 0.1) is 10.1 Å². The smallest absolute Gasteiger partial charge is 0.287 e. The number of anilines is 1. The van der Waals surface area contributed by atoms with Crippen molar-refractivity contribution in [2.24, 2.45) is 5.10 Å². The van der Waals surface area contributed by atoms with Crippen molar-refractivity contribution in [3.05, 3.63) is 63.3 Å². The Kier molecular flexibility index (Phi) is 6.47. The molecule has 0 aliphatic rings. The Labute approximate surface area is 152 Å². The standard InChI is InChI=1S/C16H15BrN4O4/c1-3-6-25-15-8-13(17)11(7-14(15)24-2)9-19-20-16-5-4-12(10-18-16)21(22)23/h3-5,7-10H,1,6H2,2H3,(H,18,20)/b19-9-. The molecule has 0 aliphatic carbocycles. The maximum atomic E-state index is 10.6. The molecule has 1 heterocycles. The molecule has 0 fully saturated rings. The Bertz CT molecular complexity index is 793. The molecule has 0 bridgehead atoms. The van der Waals surface area contributed by atoms with Crippen LogP contribution in [0.15, 0.2) is 52.7 Å². The number of nitrogens with one attached hydrogen (secondary N) is 1. The predicted molar refractivity (Wildman–Crippen MR) is 98.5 cm³/mol. The van der Waals surface area contributed by atoms with E-state index in [9.17, 15) is 10.1 Å². The Morgan fingerprint density at radius 1 is 1.44 bits per heavy atom. The number of halogens is 1. The molecule has 1 aromatic carbocycles. The SMILES string of the molecule is C=CCOc1cc(Br)c(/C=N\Nc2ccc([N+](=O)[O-])cn2)cc1OC. The molecule has 0 unspecified atom stereocenters. The van der Waals surface area contributed by atoms with Crippen LogP contribution in [0.3, 0.4) is 0 Å². The average Bonchev–Trinajstić information content (AvgIpc) is 2.61. The van der Waals surface area contributed by atoms with Gasteiger partial charge in [0.15, 0.2) is 11.5 Å². The van der Waals surface area contributed by atoms with Crippen LogP contribution in [0.25, 0.3) is 0 Å². The van der Waals surface area contributed by atoms with E-state index < -0.39 is 4.92 Å². The van der Waals surface area contributed by atoms with Crippen LogP contribution in [0.4, 0.5) is 11.5 Å². The van der Waals surface area contributed by atoms with E-state index in [1.165, 1.54) is 12.1 Å². The van der Waals surface area contributed by atoms with E-state index in [-0.39, 0.29) is 5.69 Å². The quantitative estimate of drug-likeness (QED) is 0.310. The second kappa shape index (κ2) is 8.78. The van der Waals surface area contributed by atoms with Gasteiger partial charge in [0.1, 0.15) is 18.6 Å². The molecule has 9 heteroatoms. The predicted octanol–water partition coefficient (Wildman–Crippen LogP) is 3.77. The van der Waals surface area contributed by atoms with Crippen molar-refractivity contribution in [2.45, 2.75) is 0 Å². The lowest BCUT2D eigenvalue weighted by Crippen LogP contribution is -1.99. The number of hydrogen-bond acceptors (Lipinski definition) is 7. The first-order chi connectivity index (χ1) is 12.0. The van der Waals surface area contributed by atoms with Gasteiger partial charge in [0.25, 0.3) is 5.69 Å². The van der Waals surface area contributed by atoms with Crippen LogP contribution in [0.1, 0.15) is 5.56 Å². The summed E-state index contributed by atoms with van der Waals surface area (Å²) < 4.78 is 11.6. The van der Waals surface area contributed by atoms with Gasteiger partial charge in [0.2, 0.25) is 0 Å². The lowest BCUT2D eigenvalue weighted by Gasteiger charge is -2.11. The number of hydrogen-bond donors (Lipinski definition) is 1. The fourth-order valence-corrected chi connectivity index (χ4v) is 2.22. The van der Waals surface area contributed by atoms with Crippen molar-refractivity contribution in [3.63, 3.8) is 0 Å². The first-order valence-electron chi connectivity index (χ1n) is 7.06. The van der Waals surface area contributed by atoms with Crippen LogP contribution in [-0.4, -0.2) is 29.8 Å². The third-order valence-corrected chi connectivity index (χ3v) is 3.67. The molecule has 1 N–H and O–H groups in total. The Morgan fingerprint density at radius 2 is 2.24 bits per heavy atom. The van der Waals surface area contributed by atoms with Gasteiger partial charge in [-0.2, -0.15) is 5.10 Å². The minimum atomic E-state index is -0.514. The summed E-state index contributed by atoms with van der Waals surface area (Å²) in [4.78, 5) is 14.0. The van der Waals surface area contributed by atoms with Crippen LogP contribution < -0.4 is 14.9 Å². The Hall–Kier alpha value is -2.94. The van der Waals surface area contributed by atoms with Gasteiger partial charge in [0, 0.05) is 16.1 Å². The van der Waals surface area contributed by atoms with Crippen molar-refractivity contribution in [1.82, 2.24) is 4.98 Å². The zero-order valence-corrected chi connectivity index (χ0v) is 14.9. The lowest BCUT2D eigenvalue weighted by atomic mass is 10.2. The van der Waals surface area contributed by atoms with Crippen LogP contribution >= 0.6 is 15.9 Å². The summed E-state index contributed by atoms with van der Waals surface area (Å²) >= 11 is 3.44. The van der Waals surface area contributed by atoms with Crippen molar-refractivity contribution in [1.29, 1.82) is 0 Å². The average molecular weight is 407 g/mol. The molecule has 1 aromatic heterocycles. The monoisotopic (exact) mass is 406 g/mol. The summed E-state index contributed by atoms with van der Waals surface area (Å²) in [5.41, 5.74) is 3.36. The molecular weight excluding hydrogens is 392 g/mol. The van der Waals surface area contributed by atoms with E-state index >= 15 is 0 Å². The van der Waals surface area contributed by atoms with E-state index in [1.807, 2.05) is 0 Å². The van der Waals surface area contributed by atoms with Crippen LogP contribution in [0.5, 0.6) is 11.5 Å². The molecule has 25 heavy (non-hydrogen) atoms. The van der Waals surface area contributed by atoms with Crippen molar-refractivity contribution >= 4 is 33.6 Å². The second-order valence-corrected chi connectivity index (χ2v) is 5.51. The largest absolute Gasteiger partial charge is 0.493 e. The molecule has 0 saturated carbocycles. The van der Waals surface area contributed by atoms with E-state index in [4.69, 9.17) is 9.47 Å². The molecule has 0 saturated heterocycles. The van der Waals surface area contributed by atoms with Gasteiger partial charge in [-0.15, -0.1) is 0 Å². The zero-order valence-electron chi connectivity index (χ0n) is 13.3. The first-order valence-corrected chi connectivity index (χ1v) is 7.85. The summed E-state index contributed by atoms with van der Waals surface area (Å²) in [7, 11) is 1.55. The number of nitrogens with zero attached hydrogens (tertiary/aromatic N) is 3. The minimum Gasteiger partial charge on any atom is -0.493 e. The molecule has 130 valence electrons. The van der Waals surface area contributed by atoms with Gasteiger partial charge in [-0.25, -0.2) is 4.98 Å². The highest BCUT2D eigenvalue weighted by Crippen LogP contribution is 2.33. The number of nitro groups is 1. The van der Waals surface area contributed by atoms with Gasteiger partial charge in [-0.05, 0) is 34.1 Å². The number of ether oxygens (including phenoxy) is 2. The number of aromatic nitrogens is 1. The molecule has 0 amide bonds. The fraction of sp³-hybridized carbons (Fsp3) is 0.125. The van der Waals surface area contributed by atoms with Crippen molar-refractivity contribution in [3.8, 4) is 11.5 Å². The Balaban J connectivity index is 2.11. The summed E-state index contributed by atoms with van der Waals surface area (Å²) in [6.07, 6.45) is 4.36. The van der Waals surface area contributed by atoms with Gasteiger partial charge < -0.3 is 9.47 Å². The lowest BCUT2D eigenvalue weighted by molar-refractivity contribution is -0.385. The fourth-order valence-electron chi connectivity index (χ4n) is 1.80. The summed E-state index contributed by atoms with van der Waals surface area (Å²) in [6, 6.07) is 6.34. The summed E-state index contributed by atoms with van der Waals surface area (Å²) in [5.74, 6) is 1.52. The van der Waals surface area contributed by atoms with E-state index in [1.54, 1.807) is 31.5 Å². The third kappa shape index (κ3) is 5.01. The number of methoxy groups -OCH3 is 1. The molecule has 8 nitrogen and oxygen atoms in total. The van der Waals surface area contributed by atoms with Gasteiger partial charge in [-0.1, -0.05) is 12.7 Å². The van der Waals surface area contributed by atoms with E-state index in [0.29, 0.717) is 23.9 Å². The minimum absolute atomic E-state index is 0.0860. The topological polar surface area (TPSA) is 98.9 Å². The van der Waals surface area contributed by atoms with Crippen LogP contribution in [0.2, 0.25) is 0 Å².